The van der Waals surface area contributed by atoms with Gasteiger partial charge in [-0.3, -0.25) is 4.99 Å². The first-order valence-electron chi connectivity index (χ1n) is 9.64. The van der Waals surface area contributed by atoms with E-state index < -0.39 is 0 Å². The highest BCUT2D eigenvalue weighted by Gasteiger charge is 2.14. The summed E-state index contributed by atoms with van der Waals surface area (Å²) in [6, 6.07) is 0. The third-order valence-electron chi connectivity index (χ3n) is 4.78. The first kappa shape index (κ1) is 21.1. The molecular formula is C19H34N4O2S. The largest absolute Gasteiger partial charge is 0.376 e. The van der Waals surface area contributed by atoms with Crippen LogP contribution in [-0.4, -0.2) is 56.3 Å². The number of thiazole rings is 1. The highest BCUT2D eigenvalue weighted by atomic mass is 32.1. The summed E-state index contributed by atoms with van der Waals surface area (Å²) < 4.78 is 11.4. The molecule has 0 aromatic carbocycles. The Labute approximate surface area is 162 Å². The van der Waals surface area contributed by atoms with E-state index in [2.05, 4.69) is 25.6 Å². The van der Waals surface area contributed by atoms with Gasteiger partial charge in [0.2, 0.25) is 0 Å². The van der Waals surface area contributed by atoms with Gasteiger partial charge in [-0.2, -0.15) is 0 Å². The van der Waals surface area contributed by atoms with E-state index in [9.17, 15) is 0 Å². The topological polar surface area (TPSA) is 59.0 Å². The molecule has 0 bridgehead atoms. The Hall–Kier alpha value is -1.18. The van der Waals surface area contributed by atoms with Gasteiger partial charge in [0.05, 0.1) is 24.9 Å². The molecule has 26 heavy (non-hydrogen) atoms. The third-order valence-corrected chi connectivity index (χ3v) is 5.84. The van der Waals surface area contributed by atoms with Gasteiger partial charge in [-0.25, -0.2) is 4.98 Å². The maximum atomic E-state index is 6.04. The van der Waals surface area contributed by atoms with Crippen molar-refractivity contribution in [2.45, 2.75) is 64.2 Å². The fourth-order valence-corrected chi connectivity index (χ4v) is 4.02. The van der Waals surface area contributed by atoms with Crippen LogP contribution in [0.3, 0.4) is 0 Å². The van der Waals surface area contributed by atoms with Crippen LogP contribution in [-0.2, 0) is 16.0 Å². The Balaban J connectivity index is 1.72. The SMILES string of the molecule is CN=C(NCCOC1CCCCCC1)N(C)Cc1csc(C(C)OC)n1. The zero-order valence-corrected chi connectivity index (χ0v) is 17.5. The molecule has 1 aromatic rings. The minimum atomic E-state index is 0.0395. The molecule has 0 radical (unpaired) electrons. The number of aliphatic imine (C=N–C) groups is 1. The lowest BCUT2D eigenvalue weighted by molar-refractivity contribution is 0.0466. The van der Waals surface area contributed by atoms with Crippen molar-refractivity contribution in [3.05, 3.63) is 16.1 Å². The number of ether oxygens (including phenoxy) is 2. The maximum Gasteiger partial charge on any atom is 0.193 e. The van der Waals surface area contributed by atoms with Gasteiger partial charge < -0.3 is 19.7 Å². The molecule has 1 N–H and O–H groups in total. The zero-order valence-electron chi connectivity index (χ0n) is 16.7. The summed E-state index contributed by atoms with van der Waals surface area (Å²) in [5.74, 6) is 0.865. The van der Waals surface area contributed by atoms with Gasteiger partial charge in [0.1, 0.15) is 11.1 Å². The van der Waals surface area contributed by atoms with Gasteiger partial charge in [0.15, 0.2) is 5.96 Å². The second kappa shape index (κ2) is 11.5. The van der Waals surface area contributed by atoms with Crippen LogP contribution < -0.4 is 5.32 Å². The molecule has 1 fully saturated rings. The lowest BCUT2D eigenvalue weighted by Crippen LogP contribution is -2.40. The molecule has 7 heteroatoms. The molecule has 0 aliphatic heterocycles. The predicted molar refractivity (Wildman–Crippen MR) is 108 cm³/mol. The average molecular weight is 383 g/mol. The Kier molecular flexibility index (Phi) is 9.36. The molecule has 1 aromatic heterocycles. The van der Waals surface area contributed by atoms with Gasteiger partial charge in [-0.15, -0.1) is 11.3 Å². The molecule has 148 valence electrons. The van der Waals surface area contributed by atoms with Crippen molar-refractivity contribution in [1.82, 2.24) is 15.2 Å². The summed E-state index contributed by atoms with van der Waals surface area (Å²) in [6.07, 6.45) is 8.22. The van der Waals surface area contributed by atoms with Crippen LogP contribution in [0.1, 0.15) is 62.3 Å². The minimum Gasteiger partial charge on any atom is -0.376 e. The van der Waals surface area contributed by atoms with E-state index in [-0.39, 0.29) is 6.10 Å². The zero-order chi connectivity index (χ0) is 18.8. The Morgan fingerprint density at radius 1 is 1.38 bits per heavy atom. The number of aromatic nitrogens is 1. The van der Waals surface area contributed by atoms with Crippen LogP contribution in [0.4, 0.5) is 0 Å². The van der Waals surface area contributed by atoms with Gasteiger partial charge in [-0.05, 0) is 19.8 Å². The average Bonchev–Trinajstić information content (AvgIpc) is 2.95. The Morgan fingerprint density at radius 3 is 2.77 bits per heavy atom. The molecule has 1 aliphatic carbocycles. The second-order valence-electron chi connectivity index (χ2n) is 6.87. The molecule has 1 aliphatic rings. The van der Waals surface area contributed by atoms with Crippen molar-refractivity contribution < 1.29 is 9.47 Å². The number of guanidine groups is 1. The fraction of sp³-hybridized carbons (Fsp3) is 0.789. The van der Waals surface area contributed by atoms with Gasteiger partial charge in [0, 0.05) is 33.1 Å². The highest BCUT2D eigenvalue weighted by molar-refractivity contribution is 7.09. The van der Waals surface area contributed by atoms with Crippen LogP contribution in [0.25, 0.3) is 0 Å². The van der Waals surface area contributed by atoms with Gasteiger partial charge >= 0.3 is 0 Å². The third kappa shape index (κ3) is 6.85. The summed E-state index contributed by atoms with van der Waals surface area (Å²) in [7, 11) is 5.55. The first-order chi connectivity index (χ1) is 12.6. The monoisotopic (exact) mass is 382 g/mol. The predicted octanol–water partition coefficient (Wildman–Crippen LogP) is 3.60. The molecule has 0 saturated heterocycles. The minimum absolute atomic E-state index is 0.0395. The lowest BCUT2D eigenvalue weighted by atomic mass is 10.1. The van der Waals surface area contributed by atoms with Crippen LogP contribution in [0.5, 0.6) is 0 Å². The fourth-order valence-electron chi connectivity index (χ4n) is 3.18. The normalized spacial score (nSPS) is 17.8. The van der Waals surface area contributed by atoms with Crippen LogP contribution in [0, 0.1) is 0 Å². The number of rotatable bonds is 8. The van der Waals surface area contributed by atoms with E-state index in [1.165, 1.54) is 38.5 Å². The number of nitrogens with zero attached hydrogens (tertiary/aromatic N) is 3. The maximum absolute atomic E-state index is 6.04. The number of hydrogen-bond donors (Lipinski definition) is 1. The number of hydrogen-bond acceptors (Lipinski definition) is 5. The van der Waals surface area contributed by atoms with E-state index >= 15 is 0 Å². The quantitative estimate of drug-likeness (QED) is 0.322. The smallest absolute Gasteiger partial charge is 0.193 e. The van der Waals surface area contributed by atoms with Crippen molar-refractivity contribution in [3.63, 3.8) is 0 Å². The van der Waals surface area contributed by atoms with Gasteiger partial charge in [-0.1, -0.05) is 25.7 Å². The Bertz CT molecular complexity index is 541. The van der Waals surface area contributed by atoms with E-state index in [1.807, 2.05) is 21.0 Å². The summed E-state index contributed by atoms with van der Waals surface area (Å²) in [4.78, 5) is 11.1. The van der Waals surface area contributed by atoms with E-state index in [0.29, 0.717) is 6.10 Å². The van der Waals surface area contributed by atoms with E-state index in [0.717, 1.165) is 36.4 Å². The molecule has 0 amide bonds. The summed E-state index contributed by atoms with van der Waals surface area (Å²) in [5.41, 5.74) is 1.04. The van der Waals surface area contributed by atoms with Crippen LogP contribution in [0.2, 0.25) is 0 Å². The molecule has 1 atom stereocenters. The molecule has 1 heterocycles. The molecule has 1 saturated carbocycles. The van der Waals surface area contributed by atoms with Crippen LogP contribution >= 0.6 is 11.3 Å². The second-order valence-corrected chi connectivity index (χ2v) is 7.76. The number of methoxy groups -OCH3 is 1. The summed E-state index contributed by atoms with van der Waals surface area (Å²) in [6.45, 7) is 4.23. The number of nitrogens with one attached hydrogen (secondary N) is 1. The summed E-state index contributed by atoms with van der Waals surface area (Å²) in [5, 5.41) is 6.48. The molecular weight excluding hydrogens is 348 g/mol. The van der Waals surface area contributed by atoms with Crippen molar-refractivity contribution in [3.8, 4) is 0 Å². The molecule has 2 rings (SSSR count). The van der Waals surface area contributed by atoms with Crippen molar-refractivity contribution in [1.29, 1.82) is 0 Å². The van der Waals surface area contributed by atoms with Gasteiger partial charge in [0.25, 0.3) is 0 Å². The van der Waals surface area contributed by atoms with Crippen molar-refractivity contribution in [2.75, 3.05) is 34.4 Å². The van der Waals surface area contributed by atoms with Crippen LogP contribution in [0.15, 0.2) is 10.4 Å². The standard InChI is InChI=1S/C19H34N4O2S/c1-15(24-4)18-22-16(14-26-18)13-23(3)19(20-2)21-11-12-25-17-9-7-5-6-8-10-17/h14-15,17H,5-13H2,1-4H3,(H,20,21). The van der Waals surface area contributed by atoms with E-state index in [4.69, 9.17) is 9.47 Å². The van der Waals surface area contributed by atoms with Crippen molar-refractivity contribution >= 4 is 17.3 Å². The lowest BCUT2D eigenvalue weighted by Gasteiger charge is -2.22. The van der Waals surface area contributed by atoms with Crippen molar-refractivity contribution in [2.24, 2.45) is 4.99 Å². The molecule has 1 unspecified atom stereocenters. The molecule has 0 spiro atoms. The molecule has 6 nitrogen and oxygen atoms in total. The Morgan fingerprint density at radius 2 is 2.12 bits per heavy atom. The van der Waals surface area contributed by atoms with E-state index in [1.54, 1.807) is 18.4 Å². The summed E-state index contributed by atoms with van der Waals surface area (Å²) >= 11 is 1.64. The highest BCUT2D eigenvalue weighted by Crippen LogP contribution is 2.21. The first-order valence-corrected chi connectivity index (χ1v) is 10.5.